The number of halogens is 1. The lowest BCUT2D eigenvalue weighted by atomic mass is 10.1. The summed E-state index contributed by atoms with van der Waals surface area (Å²) in [4.78, 5) is 52.8. The van der Waals surface area contributed by atoms with Gasteiger partial charge in [-0.25, -0.2) is 0 Å². The predicted molar refractivity (Wildman–Crippen MR) is 163 cm³/mol. The molecule has 4 aromatic rings. The molecule has 2 N–H and O–H groups in total. The maximum absolute atomic E-state index is 13.2. The van der Waals surface area contributed by atoms with E-state index in [2.05, 4.69) is 26.6 Å². The molecule has 3 aromatic carbocycles. The molecular formula is C30H23BrN4O6S. The van der Waals surface area contributed by atoms with Crippen LogP contribution in [-0.4, -0.2) is 45.8 Å². The highest BCUT2D eigenvalue weighted by Gasteiger charge is 2.36. The Balaban J connectivity index is 1.22. The average Bonchev–Trinajstić information content (AvgIpc) is 3.62. The molecule has 42 heavy (non-hydrogen) atoms. The number of ether oxygens (including phenoxy) is 2. The van der Waals surface area contributed by atoms with Crippen LogP contribution in [0, 0.1) is 6.92 Å². The molecule has 0 saturated carbocycles. The Hall–Kier alpha value is -4.55. The van der Waals surface area contributed by atoms with E-state index in [0.717, 1.165) is 33.3 Å². The molecule has 0 atom stereocenters. The normalized spacial score (nSPS) is 15.1. The highest BCUT2D eigenvalue weighted by Crippen LogP contribution is 2.36. The molecule has 1 fully saturated rings. The number of thioether (sulfide) groups is 1. The van der Waals surface area contributed by atoms with Crippen molar-refractivity contribution in [1.82, 2.24) is 9.47 Å². The molecule has 6 rings (SSSR count). The lowest BCUT2D eigenvalue weighted by Crippen LogP contribution is -2.36. The summed E-state index contributed by atoms with van der Waals surface area (Å²) in [5.41, 5.74) is 3.38. The second kappa shape index (κ2) is 11.4. The topological polar surface area (TPSA) is 119 Å². The monoisotopic (exact) mass is 646 g/mol. The van der Waals surface area contributed by atoms with Crippen molar-refractivity contribution in [3.05, 3.63) is 87.4 Å². The largest absolute Gasteiger partial charge is 0.454 e. The van der Waals surface area contributed by atoms with Crippen LogP contribution in [0.4, 0.5) is 16.2 Å². The zero-order chi connectivity index (χ0) is 29.4. The maximum atomic E-state index is 13.2. The fraction of sp³-hybridized carbons (Fsp3) is 0.133. The first-order chi connectivity index (χ1) is 20.3. The number of fused-ring (bicyclic) bond motifs is 2. The van der Waals surface area contributed by atoms with Gasteiger partial charge in [0, 0.05) is 38.4 Å². The third kappa shape index (κ3) is 5.38. The first-order valence-electron chi connectivity index (χ1n) is 12.9. The van der Waals surface area contributed by atoms with E-state index in [1.165, 1.54) is 0 Å². The van der Waals surface area contributed by atoms with Gasteiger partial charge >= 0.3 is 0 Å². The van der Waals surface area contributed by atoms with Gasteiger partial charge in [-0.05, 0) is 71.0 Å². The fourth-order valence-electron chi connectivity index (χ4n) is 4.83. The summed E-state index contributed by atoms with van der Waals surface area (Å²) >= 11 is 4.14. The van der Waals surface area contributed by atoms with Crippen molar-refractivity contribution in [2.24, 2.45) is 0 Å². The third-order valence-electron chi connectivity index (χ3n) is 6.84. The van der Waals surface area contributed by atoms with Crippen molar-refractivity contribution >= 4 is 79.0 Å². The molecule has 0 bridgehead atoms. The number of rotatable bonds is 7. The first-order valence-corrected chi connectivity index (χ1v) is 14.5. The summed E-state index contributed by atoms with van der Waals surface area (Å²) < 4.78 is 13.3. The van der Waals surface area contributed by atoms with Crippen LogP contribution in [0.25, 0.3) is 17.0 Å². The predicted octanol–water partition coefficient (Wildman–Crippen LogP) is 5.75. The number of nitrogens with one attached hydrogen (secondary N) is 2. The number of hydrogen-bond acceptors (Lipinski definition) is 7. The number of hydrogen-bond donors (Lipinski definition) is 2. The summed E-state index contributed by atoms with van der Waals surface area (Å²) in [7, 11) is 0. The molecule has 3 heterocycles. The van der Waals surface area contributed by atoms with E-state index >= 15 is 0 Å². The molecule has 1 saturated heterocycles. The zero-order valence-corrected chi connectivity index (χ0v) is 24.6. The molecule has 2 aliphatic heterocycles. The van der Waals surface area contributed by atoms with Crippen molar-refractivity contribution in [2.45, 2.75) is 13.5 Å². The summed E-state index contributed by atoms with van der Waals surface area (Å²) in [5.74, 6) is -0.104. The van der Waals surface area contributed by atoms with E-state index in [1.807, 2.05) is 41.8 Å². The molecule has 0 spiro atoms. The van der Waals surface area contributed by atoms with E-state index in [1.54, 1.807) is 42.5 Å². The number of anilines is 2. The van der Waals surface area contributed by atoms with Gasteiger partial charge in [-0.15, -0.1) is 0 Å². The Morgan fingerprint density at radius 3 is 2.52 bits per heavy atom. The van der Waals surface area contributed by atoms with Crippen LogP contribution in [0.2, 0.25) is 0 Å². The molecule has 0 aliphatic carbocycles. The highest BCUT2D eigenvalue weighted by molar-refractivity contribution is 9.10. The first kappa shape index (κ1) is 27.6. The van der Waals surface area contributed by atoms with Crippen LogP contribution in [0.5, 0.6) is 11.5 Å². The van der Waals surface area contributed by atoms with E-state index in [9.17, 15) is 19.2 Å². The average molecular weight is 648 g/mol. The van der Waals surface area contributed by atoms with Gasteiger partial charge in [-0.2, -0.15) is 0 Å². The van der Waals surface area contributed by atoms with Crippen molar-refractivity contribution in [3.8, 4) is 11.5 Å². The summed E-state index contributed by atoms with van der Waals surface area (Å²) in [6.45, 7) is 1.60. The Kier molecular flexibility index (Phi) is 7.48. The number of carbonyl (C=O) groups is 4. The van der Waals surface area contributed by atoms with Gasteiger partial charge < -0.3 is 24.7 Å². The van der Waals surface area contributed by atoms with Crippen LogP contribution >= 0.6 is 27.7 Å². The van der Waals surface area contributed by atoms with Crippen LogP contribution in [-0.2, 0) is 20.9 Å². The van der Waals surface area contributed by atoms with Gasteiger partial charge in [0.2, 0.25) is 18.6 Å². The number of nitrogens with zero attached hydrogens (tertiary/aromatic N) is 2. The van der Waals surface area contributed by atoms with Crippen molar-refractivity contribution in [2.75, 3.05) is 24.0 Å². The van der Waals surface area contributed by atoms with E-state index in [4.69, 9.17) is 9.47 Å². The Morgan fingerprint density at radius 1 is 0.952 bits per heavy atom. The fourth-order valence-corrected chi connectivity index (χ4v) is 6.03. The lowest BCUT2D eigenvalue weighted by molar-refractivity contribution is -0.127. The Morgan fingerprint density at radius 2 is 1.69 bits per heavy atom. The number of amides is 4. The van der Waals surface area contributed by atoms with Crippen LogP contribution in [0.15, 0.2) is 76.1 Å². The zero-order valence-electron chi connectivity index (χ0n) is 22.2. The molecule has 2 aliphatic rings. The quantitative estimate of drug-likeness (QED) is 0.245. The molecule has 0 unspecified atom stereocenters. The van der Waals surface area contributed by atoms with Gasteiger partial charge in [-0.3, -0.25) is 24.1 Å². The summed E-state index contributed by atoms with van der Waals surface area (Å²) in [5, 5.41) is 5.90. The number of aromatic nitrogens is 1. The number of benzene rings is 3. The van der Waals surface area contributed by atoms with Crippen LogP contribution in [0.1, 0.15) is 11.3 Å². The Labute approximate surface area is 252 Å². The number of imide groups is 1. The van der Waals surface area contributed by atoms with Crippen molar-refractivity contribution < 1.29 is 28.7 Å². The SMILES string of the molecule is Cc1c(/C=C2\SC(=O)N(CC(=O)Nc3ccccc3Br)C2=O)c2ccccc2n1CC(=O)Nc1ccc2c(c1)OCO2. The number of para-hydroxylation sites is 2. The second-order valence-electron chi connectivity index (χ2n) is 9.51. The van der Waals surface area contributed by atoms with Gasteiger partial charge in [0.25, 0.3) is 11.1 Å². The molecule has 212 valence electrons. The van der Waals surface area contributed by atoms with Crippen LogP contribution in [0.3, 0.4) is 0 Å². The minimum absolute atomic E-state index is 0.0192. The smallest absolute Gasteiger partial charge is 0.294 e. The lowest BCUT2D eigenvalue weighted by Gasteiger charge is -2.13. The minimum Gasteiger partial charge on any atom is -0.454 e. The van der Waals surface area contributed by atoms with Gasteiger partial charge in [0.15, 0.2) is 11.5 Å². The van der Waals surface area contributed by atoms with Gasteiger partial charge in [0.05, 0.1) is 10.6 Å². The standard InChI is InChI=1S/C30H23BrN4O6S/c1-17-20(13-26-29(38)35(30(39)42-26)15-28(37)33-22-8-4-3-7-21(22)31)19-6-2-5-9-23(19)34(17)14-27(36)32-18-10-11-24-25(12-18)41-16-40-24/h2-13H,14-16H2,1H3,(H,32,36)(H,33,37)/b26-13-. The molecule has 12 heteroatoms. The van der Waals surface area contributed by atoms with Crippen molar-refractivity contribution in [3.63, 3.8) is 0 Å². The number of carbonyl (C=O) groups excluding carboxylic acids is 4. The molecular weight excluding hydrogens is 624 g/mol. The van der Waals surface area contributed by atoms with E-state index in [-0.39, 0.29) is 24.2 Å². The molecule has 0 radical (unpaired) electrons. The summed E-state index contributed by atoms with van der Waals surface area (Å²) in [6.07, 6.45) is 1.65. The molecule has 1 aromatic heterocycles. The highest BCUT2D eigenvalue weighted by atomic mass is 79.9. The second-order valence-corrected chi connectivity index (χ2v) is 11.4. The maximum Gasteiger partial charge on any atom is 0.294 e. The van der Waals surface area contributed by atoms with E-state index < -0.39 is 23.6 Å². The van der Waals surface area contributed by atoms with Crippen molar-refractivity contribution in [1.29, 1.82) is 0 Å². The van der Waals surface area contributed by atoms with Crippen LogP contribution < -0.4 is 20.1 Å². The third-order valence-corrected chi connectivity index (χ3v) is 8.44. The summed E-state index contributed by atoms with van der Waals surface area (Å²) in [6, 6.07) is 19.8. The molecule has 10 nitrogen and oxygen atoms in total. The minimum atomic E-state index is -0.552. The van der Waals surface area contributed by atoms with E-state index in [0.29, 0.717) is 32.9 Å². The molecule has 4 amide bonds. The van der Waals surface area contributed by atoms with Gasteiger partial charge in [-0.1, -0.05) is 30.3 Å². The Bertz CT molecular complexity index is 1820. The van der Waals surface area contributed by atoms with Gasteiger partial charge in [0.1, 0.15) is 13.1 Å².